The number of nitrogens with zero attached hydrogens (tertiary/aromatic N) is 1. The molecule has 0 radical (unpaired) electrons. The molecule has 9 nitrogen and oxygen atoms in total. The number of nitrogens with two attached hydrogens (primary N) is 1. The fourth-order valence-corrected chi connectivity index (χ4v) is 4.58. The number of rotatable bonds is 10. The third kappa shape index (κ3) is 8.56. The fourth-order valence-electron chi connectivity index (χ4n) is 4.58. The number of benzene rings is 2. The monoisotopic (exact) mass is 552 g/mol. The Hall–Kier alpha value is -3.88. The predicted octanol–water partition coefficient (Wildman–Crippen LogP) is 5.00. The van der Waals surface area contributed by atoms with Crippen molar-refractivity contribution < 1.29 is 23.9 Å². The van der Waals surface area contributed by atoms with Crippen LogP contribution in [0.1, 0.15) is 81.3 Å². The molecule has 218 valence electrons. The van der Waals surface area contributed by atoms with Crippen molar-refractivity contribution in [3.8, 4) is 0 Å². The Morgan fingerprint density at radius 3 is 2.08 bits per heavy atom. The average Bonchev–Trinajstić information content (AvgIpc) is 2.82. The van der Waals surface area contributed by atoms with Crippen molar-refractivity contribution in [2.24, 2.45) is 5.73 Å². The average molecular weight is 553 g/mol. The standard InChI is InChI=1S/C31H44N4O5/c1-10-22(6)35(29(38)24(17-25(32)36)33-30(39)40-31(7,8)9)27(23-15-14-18(2)16-21(23)5)28(37)34-26-19(3)12-11-13-20(26)4/h11-16,22,24,27H,10,17H2,1-9H3,(H2,32,36)(H,33,39)(H,34,37). The lowest BCUT2D eigenvalue weighted by Crippen LogP contribution is -2.55. The second-order valence-corrected chi connectivity index (χ2v) is 11.4. The molecule has 2 aromatic rings. The molecule has 0 saturated carbocycles. The largest absolute Gasteiger partial charge is 0.444 e. The Bertz CT molecular complexity index is 1230. The minimum absolute atomic E-state index is 0.409. The summed E-state index contributed by atoms with van der Waals surface area (Å²) in [7, 11) is 0. The van der Waals surface area contributed by atoms with Crippen LogP contribution in [0.15, 0.2) is 36.4 Å². The lowest BCUT2D eigenvalue weighted by molar-refractivity contribution is -0.144. The Morgan fingerprint density at radius 1 is 0.975 bits per heavy atom. The number of carbonyl (C=O) groups is 4. The van der Waals surface area contributed by atoms with Crippen molar-refractivity contribution >= 4 is 29.5 Å². The number of alkyl carbamates (subject to hydrolysis) is 1. The molecule has 0 heterocycles. The summed E-state index contributed by atoms with van der Waals surface area (Å²) in [6, 6.07) is 8.58. The number of primary amides is 1. The highest BCUT2D eigenvalue weighted by molar-refractivity contribution is 6.00. The topological polar surface area (TPSA) is 131 Å². The second kappa shape index (κ2) is 13.5. The zero-order valence-electron chi connectivity index (χ0n) is 25.2. The number of hydrogen-bond acceptors (Lipinski definition) is 5. The smallest absolute Gasteiger partial charge is 0.408 e. The van der Waals surface area contributed by atoms with Gasteiger partial charge in [0.15, 0.2) is 0 Å². The van der Waals surface area contributed by atoms with E-state index >= 15 is 0 Å². The van der Waals surface area contributed by atoms with Gasteiger partial charge in [-0.05, 0) is 84.1 Å². The van der Waals surface area contributed by atoms with Crippen LogP contribution >= 0.6 is 0 Å². The van der Waals surface area contributed by atoms with Crippen molar-refractivity contribution in [3.63, 3.8) is 0 Å². The first kappa shape index (κ1) is 32.3. The molecule has 0 aliphatic heterocycles. The summed E-state index contributed by atoms with van der Waals surface area (Å²) < 4.78 is 5.34. The van der Waals surface area contributed by atoms with E-state index < -0.39 is 54.0 Å². The highest BCUT2D eigenvalue weighted by Crippen LogP contribution is 2.31. The molecule has 0 saturated heterocycles. The summed E-state index contributed by atoms with van der Waals surface area (Å²) in [4.78, 5) is 54.5. The van der Waals surface area contributed by atoms with Gasteiger partial charge in [-0.25, -0.2) is 4.79 Å². The summed E-state index contributed by atoms with van der Waals surface area (Å²) in [5.41, 5.74) is 9.56. The third-order valence-electron chi connectivity index (χ3n) is 6.69. The molecule has 4 amide bonds. The number of nitrogens with one attached hydrogen (secondary N) is 2. The van der Waals surface area contributed by atoms with Gasteiger partial charge in [-0.15, -0.1) is 0 Å². The van der Waals surface area contributed by atoms with Crippen LogP contribution in [0.4, 0.5) is 10.5 Å². The molecule has 0 spiro atoms. The molecule has 0 aliphatic rings. The molecule has 0 aliphatic carbocycles. The summed E-state index contributed by atoms with van der Waals surface area (Å²) >= 11 is 0. The molecule has 0 bridgehead atoms. The van der Waals surface area contributed by atoms with Gasteiger partial charge >= 0.3 is 6.09 Å². The Labute approximate surface area is 237 Å². The maximum atomic E-state index is 14.2. The second-order valence-electron chi connectivity index (χ2n) is 11.4. The van der Waals surface area contributed by atoms with Crippen molar-refractivity contribution in [1.29, 1.82) is 0 Å². The van der Waals surface area contributed by atoms with E-state index in [2.05, 4.69) is 10.6 Å². The molecule has 0 aromatic heterocycles. The SMILES string of the molecule is CCC(C)N(C(=O)C(CC(N)=O)NC(=O)OC(C)(C)C)C(C(=O)Nc1c(C)cccc1C)c1ccc(C)cc1C. The molecule has 9 heteroatoms. The Balaban J connectivity index is 2.67. The van der Waals surface area contributed by atoms with Crippen molar-refractivity contribution in [2.75, 3.05) is 5.32 Å². The van der Waals surface area contributed by atoms with Crippen LogP contribution in [0.2, 0.25) is 0 Å². The van der Waals surface area contributed by atoms with Gasteiger partial charge in [0.05, 0.1) is 6.42 Å². The zero-order valence-corrected chi connectivity index (χ0v) is 25.2. The van der Waals surface area contributed by atoms with E-state index in [1.165, 1.54) is 4.90 Å². The van der Waals surface area contributed by atoms with E-state index in [9.17, 15) is 19.2 Å². The first-order chi connectivity index (χ1) is 18.5. The van der Waals surface area contributed by atoms with Crippen LogP contribution in [0, 0.1) is 27.7 Å². The molecular weight excluding hydrogens is 508 g/mol. The quantitative estimate of drug-likeness (QED) is 0.382. The van der Waals surface area contributed by atoms with Crippen LogP contribution in [0.25, 0.3) is 0 Å². The van der Waals surface area contributed by atoms with E-state index in [4.69, 9.17) is 10.5 Å². The molecular formula is C31H44N4O5. The molecule has 3 unspecified atom stereocenters. The van der Waals surface area contributed by atoms with Gasteiger partial charge in [0.1, 0.15) is 17.7 Å². The van der Waals surface area contributed by atoms with Gasteiger partial charge in [0, 0.05) is 11.7 Å². The van der Waals surface area contributed by atoms with Crippen molar-refractivity contribution in [1.82, 2.24) is 10.2 Å². The Morgan fingerprint density at radius 2 is 1.57 bits per heavy atom. The minimum atomic E-state index is -1.33. The first-order valence-corrected chi connectivity index (χ1v) is 13.6. The minimum Gasteiger partial charge on any atom is -0.444 e. The predicted molar refractivity (Wildman–Crippen MR) is 157 cm³/mol. The summed E-state index contributed by atoms with van der Waals surface area (Å²) in [6.07, 6.45) is -0.804. The maximum Gasteiger partial charge on any atom is 0.408 e. The van der Waals surface area contributed by atoms with E-state index in [0.29, 0.717) is 17.7 Å². The normalized spacial score (nSPS) is 13.5. The van der Waals surface area contributed by atoms with E-state index in [1.807, 2.05) is 77.9 Å². The number of anilines is 1. The van der Waals surface area contributed by atoms with Crippen molar-refractivity contribution in [2.45, 2.75) is 98.9 Å². The zero-order chi connectivity index (χ0) is 30.4. The van der Waals surface area contributed by atoms with Gasteiger partial charge in [-0.1, -0.05) is 48.9 Å². The van der Waals surface area contributed by atoms with Gasteiger partial charge in [-0.2, -0.15) is 0 Å². The molecule has 4 N–H and O–H groups in total. The van der Waals surface area contributed by atoms with Gasteiger partial charge < -0.3 is 26.0 Å². The number of amides is 4. The molecule has 2 aromatic carbocycles. The highest BCUT2D eigenvalue weighted by atomic mass is 16.6. The summed E-state index contributed by atoms with van der Waals surface area (Å²) in [6.45, 7) is 16.5. The summed E-state index contributed by atoms with van der Waals surface area (Å²) in [5.74, 6) is -1.80. The number of para-hydroxylation sites is 1. The lowest BCUT2D eigenvalue weighted by atomic mass is 9.94. The van der Waals surface area contributed by atoms with Crippen LogP contribution in [0.3, 0.4) is 0 Å². The molecule has 0 fully saturated rings. The Kier molecular flexibility index (Phi) is 10.9. The van der Waals surface area contributed by atoms with Crippen LogP contribution < -0.4 is 16.4 Å². The van der Waals surface area contributed by atoms with Crippen LogP contribution in [-0.2, 0) is 19.1 Å². The first-order valence-electron chi connectivity index (χ1n) is 13.6. The van der Waals surface area contributed by atoms with E-state index in [-0.39, 0.29) is 0 Å². The number of hydrogen-bond donors (Lipinski definition) is 3. The molecule has 40 heavy (non-hydrogen) atoms. The number of ether oxygens (including phenoxy) is 1. The maximum absolute atomic E-state index is 14.2. The van der Waals surface area contributed by atoms with Crippen LogP contribution in [0.5, 0.6) is 0 Å². The third-order valence-corrected chi connectivity index (χ3v) is 6.69. The highest BCUT2D eigenvalue weighted by Gasteiger charge is 2.39. The van der Waals surface area contributed by atoms with E-state index in [0.717, 1.165) is 22.3 Å². The number of carbonyl (C=O) groups excluding carboxylic acids is 4. The fraction of sp³-hybridized carbons (Fsp3) is 0.484. The summed E-state index contributed by atoms with van der Waals surface area (Å²) in [5, 5.41) is 5.56. The molecule has 3 atom stereocenters. The van der Waals surface area contributed by atoms with Gasteiger partial charge in [0.2, 0.25) is 11.8 Å². The van der Waals surface area contributed by atoms with Gasteiger partial charge in [-0.3, -0.25) is 14.4 Å². The van der Waals surface area contributed by atoms with Crippen molar-refractivity contribution in [3.05, 3.63) is 64.2 Å². The molecule has 2 rings (SSSR count). The lowest BCUT2D eigenvalue weighted by Gasteiger charge is -2.38. The van der Waals surface area contributed by atoms with Gasteiger partial charge in [0.25, 0.3) is 5.91 Å². The van der Waals surface area contributed by atoms with Crippen LogP contribution in [-0.4, -0.2) is 46.4 Å². The number of aryl methyl sites for hydroxylation is 4. The van der Waals surface area contributed by atoms with E-state index in [1.54, 1.807) is 20.8 Å².